The second-order valence-electron chi connectivity index (χ2n) is 6.01. The fourth-order valence-electron chi connectivity index (χ4n) is 2.92. The molecule has 0 aromatic heterocycles. The van der Waals surface area contributed by atoms with Gasteiger partial charge in [0.15, 0.2) is 0 Å². The molecular formula is C18H21F2N. The van der Waals surface area contributed by atoms with Crippen molar-refractivity contribution in [3.05, 3.63) is 70.8 Å². The number of halogens is 2. The van der Waals surface area contributed by atoms with E-state index >= 15 is 0 Å². The lowest BCUT2D eigenvalue weighted by molar-refractivity contribution is 0.367. The van der Waals surface area contributed by atoms with Crippen LogP contribution in [0.5, 0.6) is 0 Å². The Labute approximate surface area is 125 Å². The first-order chi connectivity index (χ1) is 9.84. The van der Waals surface area contributed by atoms with Crippen molar-refractivity contribution in [2.45, 2.75) is 32.2 Å². The summed E-state index contributed by atoms with van der Waals surface area (Å²) in [4.78, 5) is 0. The molecule has 0 saturated heterocycles. The molecule has 1 unspecified atom stereocenters. The minimum absolute atomic E-state index is 0.0719. The fourth-order valence-corrected chi connectivity index (χ4v) is 2.92. The van der Waals surface area contributed by atoms with Crippen LogP contribution in [-0.4, -0.2) is 7.05 Å². The number of hydrogen-bond donors (Lipinski definition) is 1. The Bertz CT molecular complexity index is 597. The normalized spacial score (nSPS) is 13.2. The van der Waals surface area contributed by atoms with Crippen LogP contribution in [0.3, 0.4) is 0 Å². The lowest BCUT2D eigenvalue weighted by Crippen LogP contribution is -2.35. The molecule has 0 fully saturated rings. The molecule has 0 aliphatic carbocycles. The molecule has 0 bridgehead atoms. The monoisotopic (exact) mass is 289 g/mol. The average molecular weight is 289 g/mol. The molecule has 0 aliphatic heterocycles. The van der Waals surface area contributed by atoms with Gasteiger partial charge in [-0.1, -0.05) is 32.0 Å². The third-order valence-corrected chi connectivity index (χ3v) is 4.00. The first-order valence-corrected chi connectivity index (χ1v) is 7.05. The van der Waals surface area contributed by atoms with Crippen molar-refractivity contribution in [1.82, 2.24) is 5.32 Å². The van der Waals surface area contributed by atoms with Gasteiger partial charge in [0.05, 0.1) is 0 Å². The molecule has 0 aliphatic rings. The largest absolute Gasteiger partial charge is 0.312 e. The Hall–Kier alpha value is -1.74. The van der Waals surface area contributed by atoms with Crippen molar-refractivity contribution in [2.75, 3.05) is 7.05 Å². The van der Waals surface area contributed by atoms with Gasteiger partial charge in [-0.2, -0.15) is 0 Å². The van der Waals surface area contributed by atoms with Gasteiger partial charge in [0.25, 0.3) is 0 Å². The summed E-state index contributed by atoms with van der Waals surface area (Å²) in [6.45, 7) is 6.02. The van der Waals surface area contributed by atoms with Gasteiger partial charge in [0.2, 0.25) is 0 Å². The first kappa shape index (κ1) is 15.6. The van der Waals surface area contributed by atoms with Crippen LogP contribution in [0.2, 0.25) is 0 Å². The number of likely N-dealkylation sites (N-methyl/N-ethyl adjacent to an activating group) is 1. The van der Waals surface area contributed by atoms with Crippen molar-refractivity contribution >= 4 is 0 Å². The third-order valence-electron chi connectivity index (χ3n) is 4.00. The lowest BCUT2D eigenvalue weighted by Gasteiger charge is -2.35. The van der Waals surface area contributed by atoms with Crippen LogP contribution < -0.4 is 5.32 Å². The van der Waals surface area contributed by atoms with Gasteiger partial charge in [0.1, 0.15) is 11.6 Å². The second kappa shape index (κ2) is 5.94. The van der Waals surface area contributed by atoms with E-state index in [1.807, 2.05) is 20.0 Å². The molecule has 0 radical (unpaired) electrons. The number of aryl methyl sites for hydroxylation is 1. The van der Waals surface area contributed by atoms with Gasteiger partial charge in [-0.05, 0) is 54.9 Å². The van der Waals surface area contributed by atoms with Crippen LogP contribution in [0.4, 0.5) is 8.78 Å². The molecule has 2 aromatic rings. The van der Waals surface area contributed by atoms with Gasteiger partial charge in [-0.15, -0.1) is 0 Å². The van der Waals surface area contributed by atoms with E-state index in [2.05, 4.69) is 19.2 Å². The van der Waals surface area contributed by atoms with E-state index in [-0.39, 0.29) is 23.1 Å². The Morgan fingerprint density at radius 3 is 2.10 bits per heavy atom. The third kappa shape index (κ3) is 3.30. The summed E-state index contributed by atoms with van der Waals surface area (Å²) in [5, 5.41) is 3.27. The van der Waals surface area contributed by atoms with Crippen LogP contribution in [0.15, 0.2) is 42.5 Å². The molecule has 21 heavy (non-hydrogen) atoms. The highest BCUT2D eigenvalue weighted by atomic mass is 19.1. The maximum atomic E-state index is 13.7. The van der Waals surface area contributed by atoms with Crippen molar-refractivity contribution < 1.29 is 8.78 Å². The summed E-state index contributed by atoms with van der Waals surface area (Å²) in [7, 11) is 1.86. The Kier molecular flexibility index (Phi) is 4.43. The van der Waals surface area contributed by atoms with E-state index in [9.17, 15) is 8.78 Å². The summed E-state index contributed by atoms with van der Waals surface area (Å²) in [6, 6.07) is 11.5. The molecule has 1 atom stereocenters. The van der Waals surface area contributed by atoms with Crippen LogP contribution in [0, 0.1) is 18.6 Å². The highest BCUT2D eigenvalue weighted by Gasteiger charge is 2.31. The Morgan fingerprint density at radius 1 is 0.952 bits per heavy atom. The summed E-state index contributed by atoms with van der Waals surface area (Å²) in [5.74, 6) is -0.489. The topological polar surface area (TPSA) is 12.0 Å². The van der Waals surface area contributed by atoms with E-state index in [1.54, 1.807) is 18.2 Å². The summed E-state index contributed by atoms with van der Waals surface area (Å²) < 4.78 is 26.8. The predicted octanol–water partition coefficient (Wildman–Crippen LogP) is 4.51. The number of rotatable bonds is 4. The standard InChI is InChI=1S/C18H21F2N/c1-12-9-13(11-16(20)10-12)17(21-4)18(2,3)14-5-7-15(19)8-6-14/h5-11,17,21H,1-4H3. The molecule has 1 nitrogen and oxygen atoms in total. The highest BCUT2D eigenvalue weighted by molar-refractivity contribution is 5.34. The fraction of sp³-hybridized carbons (Fsp3) is 0.333. The Balaban J connectivity index is 2.45. The molecule has 1 N–H and O–H groups in total. The molecule has 0 spiro atoms. The molecule has 0 heterocycles. The quantitative estimate of drug-likeness (QED) is 0.873. The minimum atomic E-state index is -0.303. The highest BCUT2D eigenvalue weighted by Crippen LogP contribution is 2.37. The van der Waals surface area contributed by atoms with Crippen molar-refractivity contribution in [3.8, 4) is 0 Å². The number of nitrogens with one attached hydrogen (secondary N) is 1. The molecule has 2 aromatic carbocycles. The van der Waals surface area contributed by atoms with Crippen molar-refractivity contribution in [2.24, 2.45) is 0 Å². The summed E-state index contributed by atoms with van der Waals surface area (Å²) in [6.07, 6.45) is 0. The van der Waals surface area contributed by atoms with Gasteiger partial charge in [0, 0.05) is 11.5 Å². The molecule has 0 amide bonds. The van der Waals surface area contributed by atoms with Gasteiger partial charge in [-0.25, -0.2) is 8.78 Å². The van der Waals surface area contributed by atoms with E-state index in [0.717, 1.165) is 16.7 Å². The van der Waals surface area contributed by atoms with E-state index in [1.165, 1.54) is 18.2 Å². The van der Waals surface area contributed by atoms with Crippen LogP contribution >= 0.6 is 0 Å². The van der Waals surface area contributed by atoms with Gasteiger partial charge >= 0.3 is 0 Å². The number of hydrogen-bond acceptors (Lipinski definition) is 1. The van der Waals surface area contributed by atoms with Crippen LogP contribution in [0.1, 0.15) is 36.6 Å². The zero-order valence-electron chi connectivity index (χ0n) is 12.9. The average Bonchev–Trinajstić information content (AvgIpc) is 2.38. The van der Waals surface area contributed by atoms with Gasteiger partial charge in [-0.3, -0.25) is 0 Å². The van der Waals surface area contributed by atoms with Crippen LogP contribution in [-0.2, 0) is 5.41 Å². The smallest absolute Gasteiger partial charge is 0.123 e. The van der Waals surface area contributed by atoms with Crippen molar-refractivity contribution in [3.63, 3.8) is 0 Å². The minimum Gasteiger partial charge on any atom is -0.312 e. The molecule has 112 valence electrons. The number of benzene rings is 2. The second-order valence-corrected chi connectivity index (χ2v) is 6.01. The molecule has 2 rings (SSSR count). The summed E-state index contributed by atoms with van der Waals surface area (Å²) >= 11 is 0. The van der Waals surface area contributed by atoms with E-state index in [0.29, 0.717) is 0 Å². The molecular weight excluding hydrogens is 268 g/mol. The zero-order valence-corrected chi connectivity index (χ0v) is 12.9. The van der Waals surface area contributed by atoms with Crippen LogP contribution in [0.25, 0.3) is 0 Å². The SMILES string of the molecule is CNC(c1cc(C)cc(F)c1)C(C)(C)c1ccc(F)cc1. The Morgan fingerprint density at radius 2 is 1.57 bits per heavy atom. The van der Waals surface area contributed by atoms with E-state index < -0.39 is 0 Å². The molecule has 3 heteroatoms. The maximum Gasteiger partial charge on any atom is 0.123 e. The lowest BCUT2D eigenvalue weighted by atomic mass is 9.74. The van der Waals surface area contributed by atoms with Crippen molar-refractivity contribution in [1.29, 1.82) is 0 Å². The van der Waals surface area contributed by atoms with Gasteiger partial charge < -0.3 is 5.32 Å². The predicted molar refractivity (Wildman–Crippen MR) is 82.4 cm³/mol. The maximum absolute atomic E-state index is 13.7. The van der Waals surface area contributed by atoms with E-state index in [4.69, 9.17) is 0 Å². The first-order valence-electron chi connectivity index (χ1n) is 7.05. The summed E-state index contributed by atoms with van der Waals surface area (Å²) in [5.41, 5.74) is 2.48. The zero-order chi connectivity index (χ0) is 15.6. The molecule has 0 saturated carbocycles.